The van der Waals surface area contributed by atoms with Crippen LogP contribution in [0.25, 0.3) is 42.8 Å². The Labute approximate surface area is 491 Å². The van der Waals surface area contributed by atoms with E-state index in [-0.39, 0.29) is 11.9 Å². The highest BCUT2D eigenvalue weighted by Crippen LogP contribution is 2.50. The average molecular weight is 1150 g/mol. The van der Waals surface area contributed by atoms with Crippen molar-refractivity contribution in [1.29, 1.82) is 0 Å². The zero-order valence-electron chi connectivity index (χ0n) is 51.1. The molecule has 84 heavy (non-hydrogen) atoms. The van der Waals surface area contributed by atoms with Crippen LogP contribution in [-0.2, 0) is 18.8 Å². The first kappa shape index (κ1) is 63.9. The summed E-state index contributed by atoms with van der Waals surface area (Å²) in [5.41, 5.74) is 26.1. The predicted octanol–water partition coefficient (Wildman–Crippen LogP) is 16.1. The molecule has 0 atom stereocenters. The maximum atomic E-state index is 12.3. The normalized spacial score (nSPS) is 11.6. The van der Waals surface area contributed by atoms with Gasteiger partial charge in [-0.1, -0.05) is 36.4 Å². The molecule has 1 heterocycles. The van der Waals surface area contributed by atoms with E-state index in [0.717, 1.165) is 43.4 Å². The van der Waals surface area contributed by atoms with Crippen molar-refractivity contribution in [3.63, 3.8) is 0 Å². The Kier molecular flexibility index (Phi) is 20.7. The molecule has 0 N–H and O–H groups in total. The second kappa shape index (κ2) is 27.2. The molecule has 1 aliphatic heterocycles. The zero-order valence-corrected chi connectivity index (χ0v) is 51.9. The fourth-order valence-corrected chi connectivity index (χ4v) is 10.5. The number of hydrogen-bond donors (Lipinski definition) is 0. The minimum absolute atomic E-state index is 0.300. The molecule has 0 saturated carbocycles. The summed E-state index contributed by atoms with van der Waals surface area (Å²) in [6, 6.07) is 28.1. The molecular formula is C66H72N7O10P. The fraction of sp³-hybridized carbons (Fsp3) is 0.273. The molecule has 18 heteroatoms. The lowest BCUT2D eigenvalue weighted by Gasteiger charge is -2.16. The molecule has 8 aromatic carbocycles. The summed E-state index contributed by atoms with van der Waals surface area (Å²) in [5, 5.41) is 6.45. The maximum absolute atomic E-state index is 12.3. The van der Waals surface area contributed by atoms with Crippen LogP contribution in [0.5, 0.6) is 11.5 Å². The van der Waals surface area contributed by atoms with Crippen LogP contribution in [0, 0.1) is 83.1 Å². The third kappa shape index (κ3) is 14.1. The van der Waals surface area contributed by atoms with Crippen LogP contribution in [0.3, 0.4) is 0 Å². The minimum Gasteiger partial charge on any atom is -0.465 e. The SMILES string of the molecule is COC(=O)c1cc2c(C)c(C)c(C)c(C)c2cc1N=CN(C)C.COC(=O)c1cc2c(C)c(C)c(C)c(C)c2cc1N=CN(C)C.Cc1c(C)c(C)c2cc3c(cc2c1C)C(=O)OC3=O.[N-]=[N+]=NP(=O)(Oc1ccccc1)Oc1ccccc1. The van der Waals surface area contributed by atoms with Crippen molar-refractivity contribution in [2.45, 2.75) is 83.1 Å². The molecule has 8 aromatic rings. The standard InChI is InChI=1S/2C19H24N2O2.C16H14O3.C12H10N3O3P/c2*1-11-12(2)14(4)16-9-18(20-10-21(5)6)17(19(22)23-7)8-15(16)13(11)3;1-7-8(2)10(4)12-6-14-13(5-11(12)9(7)3)15(17)19-16(14)18;13-14-15-19(16,17-11-7-3-1-4-8-11)18-12-9-5-2-6-10-12/h2*8-10H,1-7H3;5-6H,1-4H3;1-10H. The number of rotatable bonds is 11. The van der Waals surface area contributed by atoms with E-state index < -0.39 is 19.7 Å². The van der Waals surface area contributed by atoms with E-state index >= 15 is 0 Å². The smallest absolute Gasteiger partial charge is 0.465 e. The lowest BCUT2D eigenvalue weighted by Crippen LogP contribution is -2.08. The van der Waals surface area contributed by atoms with Crippen LogP contribution in [0.4, 0.5) is 11.4 Å². The van der Waals surface area contributed by atoms with Crippen molar-refractivity contribution < 1.29 is 47.0 Å². The Hall–Kier alpha value is -9.30. The van der Waals surface area contributed by atoms with Gasteiger partial charge < -0.3 is 33.1 Å². The molecule has 0 aromatic heterocycles. The monoisotopic (exact) mass is 1150 g/mol. The summed E-state index contributed by atoms with van der Waals surface area (Å²) < 4.78 is 37.1. The molecule has 1 aliphatic rings. The van der Waals surface area contributed by atoms with E-state index in [2.05, 4.69) is 93.8 Å². The van der Waals surface area contributed by atoms with Crippen LogP contribution < -0.4 is 9.05 Å². The van der Waals surface area contributed by atoms with Gasteiger partial charge in [-0.2, -0.15) is 0 Å². The second-order valence-corrected chi connectivity index (χ2v) is 22.3. The van der Waals surface area contributed by atoms with Crippen molar-refractivity contribution in [3.05, 3.63) is 197 Å². The molecule has 0 radical (unpaired) electrons. The summed E-state index contributed by atoms with van der Waals surface area (Å²) in [7, 11) is 6.41. The van der Waals surface area contributed by atoms with E-state index in [4.69, 9.17) is 24.1 Å². The summed E-state index contributed by atoms with van der Waals surface area (Å²) >= 11 is 0. The molecule has 9 rings (SSSR count). The van der Waals surface area contributed by atoms with Gasteiger partial charge in [-0.3, -0.25) is 0 Å². The zero-order chi connectivity index (χ0) is 62.1. The number of methoxy groups -OCH3 is 2. The van der Waals surface area contributed by atoms with Crippen LogP contribution in [0.2, 0.25) is 0 Å². The van der Waals surface area contributed by atoms with Crippen LogP contribution >= 0.6 is 7.75 Å². The number of cyclic esters (lactones) is 2. The Morgan fingerprint density at radius 1 is 0.476 bits per heavy atom. The number of ether oxygens (including phenoxy) is 3. The van der Waals surface area contributed by atoms with E-state index in [1.165, 1.54) is 69.9 Å². The highest BCUT2D eigenvalue weighted by atomic mass is 31.2. The minimum atomic E-state index is -3.95. The third-order valence-corrected chi connectivity index (χ3v) is 16.5. The number of para-hydroxylation sites is 2. The quantitative estimate of drug-likeness (QED) is 0.0136. The number of esters is 4. The van der Waals surface area contributed by atoms with Crippen LogP contribution in [0.1, 0.15) is 108 Å². The van der Waals surface area contributed by atoms with Gasteiger partial charge in [0, 0.05) is 38.0 Å². The number of aryl methyl sites for hydroxylation is 6. The summed E-state index contributed by atoms with van der Waals surface area (Å²) in [6.45, 7) is 25.1. The van der Waals surface area contributed by atoms with Crippen molar-refractivity contribution in [3.8, 4) is 11.5 Å². The fourth-order valence-electron chi connectivity index (χ4n) is 9.52. The number of hydrogen-bond acceptors (Lipinski definition) is 12. The number of carbonyl (C=O) groups excluding carboxylic acids is 4. The lowest BCUT2D eigenvalue weighted by atomic mass is 9.89. The van der Waals surface area contributed by atoms with Gasteiger partial charge in [0.25, 0.3) is 0 Å². The molecule has 0 aliphatic carbocycles. The van der Waals surface area contributed by atoms with Gasteiger partial charge in [0.05, 0.1) is 60.5 Å². The summed E-state index contributed by atoms with van der Waals surface area (Å²) in [6.07, 6.45) is 3.38. The molecule has 17 nitrogen and oxygen atoms in total. The van der Waals surface area contributed by atoms with Crippen molar-refractivity contribution in [2.24, 2.45) is 14.9 Å². The highest BCUT2D eigenvalue weighted by Gasteiger charge is 2.31. The van der Waals surface area contributed by atoms with E-state index in [9.17, 15) is 23.7 Å². The van der Waals surface area contributed by atoms with Gasteiger partial charge in [0.1, 0.15) is 11.5 Å². The molecule has 0 amide bonds. The maximum Gasteiger partial charge on any atom is 0.525 e. The Bertz CT molecular complexity index is 3810. The lowest BCUT2D eigenvalue weighted by molar-refractivity contribution is 0.0441. The molecule has 436 valence electrons. The number of aliphatic imine (C=N–C) groups is 2. The third-order valence-electron chi connectivity index (χ3n) is 15.3. The molecule has 0 fully saturated rings. The van der Waals surface area contributed by atoms with Gasteiger partial charge in [-0.25, -0.2) is 33.7 Å². The highest BCUT2D eigenvalue weighted by molar-refractivity contribution is 7.53. The first-order valence-electron chi connectivity index (χ1n) is 26.8. The number of fused-ring (bicyclic) bond motifs is 4. The predicted molar refractivity (Wildman–Crippen MR) is 336 cm³/mol. The number of carbonyl (C=O) groups is 4. The summed E-state index contributed by atoms with van der Waals surface area (Å²) in [4.78, 5) is 65.8. The van der Waals surface area contributed by atoms with Gasteiger partial charge in [0.15, 0.2) is 0 Å². The Morgan fingerprint density at radius 2 is 0.762 bits per heavy atom. The first-order chi connectivity index (χ1) is 39.7. The Morgan fingerprint density at radius 3 is 1.04 bits per heavy atom. The van der Waals surface area contributed by atoms with Gasteiger partial charge in [-0.15, -0.1) is 0 Å². The van der Waals surface area contributed by atoms with Gasteiger partial charge in [-0.05, 0) is 248 Å². The second-order valence-electron chi connectivity index (χ2n) is 20.8. The van der Waals surface area contributed by atoms with Crippen molar-refractivity contribution >= 4 is 88.0 Å². The first-order valence-corrected chi connectivity index (χ1v) is 28.3. The van der Waals surface area contributed by atoms with Gasteiger partial charge >= 0.3 is 31.6 Å². The van der Waals surface area contributed by atoms with E-state index in [1.807, 2.05) is 76.1 Å². The molecular weight excluding hydrogens is 1080 g/mol. The van der Waals surface area contributed by atoms with E-state index in [1.54, 1.807) is 85.5 Å². The number of azide groups is 1. The van der Waals surface area contributed by atoms with E-state index in [0.29, 0.717) is 45.1 Å². The summed E-state index contributed by atoms with van der Waals surface area (Å²) in [5.74, 6) is -1.22. The van der Waals surface area contributed by atoms with Crippen LogP contribution in [0.15, 0.2) is 112 Å². The molecule has 0 unspecified atom stereocenters. The number of nitrogens with zero attached hydrogens (tertiary/aromatic N) is 7. The molecule has 0 saturated heterocycles. The largest absolute Gasteiger partial charge is 0.525 e. The van der Waals surface area contributed by atoms with Crippen LogP contribution in [-0.4, -0.2) is 88.8 Å². The van der Waals surface area contributed by atoms with Crippen molar-refractivity contribution in [2.75, 3.05) is 42.4 Å². The molecule has 0 bridgehead atoms. The number of benzene rings is 8. The average Bonchev–Trinajstić information content (AvgIpc) is 1.42. The van der Waals surface area contributed by atoms with Gasteiger partial charge in [0.2, 0.25) is 0 Å². The van der Waals surface area contributed by atoms with Crippen molar-refractivity contribution in [1.82, 2.24) is 9.80 Å². The molecule has 0 spiro atoms. The Balaban J connectivity index is 0.000000180. The topological polar surface area (TPSA) is 211 Å².